The zero-order valence-corrected chi connectivity index (χ0v) is 11.9. The van der Waals surface area contributed by atoms with Gasteiger partial charge in [0.1, 0.15) is 11.6 Å². The van der Waals surface area contributed by atoms with E-state index in [0.717, 1.165) is 25.2 Å². The number of anilines is 1. The molecule has 3 rings (SSSR count). The van der Waals surface area contributed by atoms with E-state index in [2.05, 4.69) is 9.80 Å². The number of nitro groups is 1. The average molecular weight is 286 g/mol. The van der Waals surface area contributed by atoms with Crippen LogP contribution in [-0.4, -0.2) is 42.0 Å². The van der Waals surface area contributed by atoms with Gasteiger partial charge in [0, 0.05) is 30.9 Å². The molecule has 1 aromatic rings. The quantitative estimate of drug-likeness (QED) is 0.628. The molecule has 0 aromatic heterocycles. The minimum atomic E-state index is -0.501. The van der Waals surface area contributed by atoms with E-state index in [9.17, 15) is 10.1 Å². The van der Waals surface area contributed by atoms with Gasteiger partial charge in [-0.1, -0.05) is 0 Å². The molecule has 1 atom stereocenters. The molecule has 110 valence electrons. The highest BCUT2D eigenvalue weighted by atomic mass is 16.6. The second-order valence-electron chi connectivity index (χ2n) is 5.70. The Labute approximate surface area is 123 Å². The summed E-state index contributed by atoms with van der Waals surface area (Å²) in [5.41, 5.74) is 0.942. The van der Waals surface area contributed by atoms with Crippen molar-refractivity contribution >= 4 is 11.4 Å². The number of likely N-dealkylation sites (tertiary alicyclic amines) is 1. The lowest BCUT2D eigenvalue weighted by molar-refractivity contribution is -0.385. The van der Waals surface area contributed by atoms with Crippen molar-refractivity contribution in [2.24, 2.45) is 0 Å². The largest absolute Gasteiger partial charge is 0.370 e. The van der Waals surface area contributed by atoms with Gasteiger partial charge in [0.2, 0.25) is 0 Å². The number of benzene rings is 1. The minimum absolute atomic E-state index is 0.114. The lowest BCUT2D eigenvalue weighted by Crippen LogP contribution is -2.35. The number of rotatable bonds is 3. The number of hydrogen-bond donors (Lipinski definition) is 0. The predicted molar refractivity (Wildman–Crippen MR) is 79.2 cm³/mol. The molecular weight excluding hydrogens is 268 g/mol. The zero-order valence-electron chi connectivity index (χ0n) is 11.9. The summed E-state index contributed by atoms with van der Waals surface area (Å²) >= 11 is 0. The van der Waals surface area contributed by atoms with Crippen LogP contribution in [0.3, 0.4) is 0 Å². The summed E-state index contributed by atoms with van der Waals surface area (Å²) in [5, 5.41) is 20.0. The van der Waals surface area contributed by atoms with Crippen molar-refractivity contribution in [3.05, 3.63) is 33.9 Å². The molecule has 0 amide bonds. The second kappa shape index (κ2) is 5.70. The molecule has 0 bridgehead atoms. The summed E-state index contributed by atoms with van der Waals surface area (Å²) in [7, 11) is 0. The zero-order chi connectivity index (χ0) is 14.8. The van der Waals surface area contributed by atoms with Gasteiger partial charge in [-0.15, -0.1) is 0 Å². The Morgan fingerprint density at radius 1 is 1.29 bits per heavy atom. The van der Waals surface area contributed by atoms with Gasteiger partial charge >= 0.3 is 0 Å². The van der Waals surface area contributed by atoms with E-state index in [0.29, 0.717) is 6.04 Å². The van der Waals surface area contributed by atoms with Crippen molar-refractivity contribution in [2.45, 2.75) is 25.3 Å². The summed E-state index contributed by atoms with van der Waals surface area (Å²) in [5.74, 6) is 0. The molecule has 2 heterocycles. The fourth-order valence-corrected chi connectivity index (χ4v) is 3.35. The number of nitriles is 1. The lowest BCUT2D eigenvalue weighted by Gasteiger charge is -2.24. The molecule has 0 radical (unpaired) electrons. The fraction of sp³-hybridized carbons (Fsp3) is 0.533. The van der Waals surface area contributed by atoms with Crippen LogP contribution in [-0.2, 0) is 0 Å². The maximum absolute atomic E-state index is 10.9. The van der Waals surface area contributed by atoms with Gasteiger partial charge in [0.05, 0.1) is 4.92 Å². The van der Waals surface area contributed by atoms with Gasteiger partial charge in [-0.3, -0.25) is 15.0 Å². The van der Waals surface area contributed by atoms with Crippen LogP contribution in [0.5, 0.6) is 0 Å². The summed E-state index contributed by atoms with van der Waals surface area (Å²) in [4.78, 5) is 15.1. The third-order valence-corrected chi connectivity index (χ3v) is 4.48. The highest BCUT2D eigenvalue weighted by Crippen LogP contribution is 2.29. The lowest BCUT2D eigenvalue weighted by atomic mass is 10.1. The summed E-state index contributed by atoms with van der Waals surface area (Å²) in [6, 6.07) is 7.35. The predicted octanol–water partition coefficient (Wildman–Crippen LogP) is 2.14. The van der Waals surface area contributed by atoms with Crippen LogP contribution in [0.1, 0.15) is 24.8 Å². The minimum Gasteiger partial charge on any atom is -0.370 e. The Morgan fingerprint density at radius 3 is 2.71 bits per heavy atom. The van der Waals surface area contributed by atoms with E-state index < -0.39 is 4.92 Å². The molecule has 2 aliphatic heterocycles. The highest BCUT2D eigenvalue weighted by molar-refractivity contribution is 5.60. The first kappa shape index (κ1) is 13.8. The van der Waals surface area contributed by atoms with Gasteiger partial charge in [-0.05, 0) is 44.5 Å². The van der Waals surface area contributed by atoms with Crippen LogP contribution in [0.2, 0.25) is 0 Å². The van der Waals surface area contributed by atoms with Gasteiger partial charge < -0.3 is 4.90 Å². The van der Waals surface area contributed by atoms with Crippen molar-refractivity contribution in [1.29, 1.82) is 5.26 Å². The van der Waals surface area contributed by atoms with Crippen molar-refractivity contribution in [1.82, 2.24) is 4.90 Å². The van der Waals surface area contributed by atoms with Gasteiger partial charge in [-0.25, -0.2) is 0 Å². The van der Waals surface area contributed by atoms with E-state index in [1.54, 1.807) is 12.1 Å². The van der Waals surface area contributed by atoms with Crippen LogP contribution in [0, 0.1) is 21.4 Å². The maximum atomic E-state index is 10.9. The molecule has 0 saturated carbocycles. The van der Waals surface area contributed by atoms with Crippen LogP contribution >= 0.6 is 0 Å². The fourth-order valence-electron chi connectivity index (χ4n) is 3.35. The van der Waals surface area contributed by atoms with Crippen LogP contribution in [0.25, 0.3) is 0 Å². The van der Waals surface area contributed by atoms with Crippen LogP contribution < -0.4 is 4.90 Å². The molecule has 1 unspecified atom stereocenters. The first-order valence-electron chi connectivity index (χ1n) is 7.36. The number of nitrogens with zero attached hydrogens (tertiary/aromatic N) is 4. The smallest absolute Gasteiger partial charge is 0.287 e. The molecular formula is C15H18N4O2. The summed E-state index contributed by atoms with van der Waals surface area (Å²) in [6.45, 7) is 4.26. The standard InChI is InChI=1S/C15H18N4O2/c16-10-12-9-13(3-4-15(12)19(20)21)18-8-5-14(11-18)17-6-1-2-7-17/h3-4,9,14H,1-2,5-8,11H2. The SMILES string of the molecule is N#Cc1cc(N2CCC(N3CCCC3)C2)ccc1[N+](=O)[O-]. The molecule has 1 aromatic carbocycles. The number of hydrogen-bond acceptors (Lipinski definition) is 5. The molecule has 0 N–H and O–H groups in total. The Bertz CT molecular complexity index is 590. The Hall–Kier alpha value is -2.13. The number of nitro benzene ring substituents is 1. The van der Waals surface area contributed by atoms with E-state index in [4.69, 9.17) is 5.26 Å². The van der Waals surface area contributed by atoms with E-state index in [1.807, 2.05) is 6.07 Å². The molecule has 6 heteroatoms. The molecule has 2 saturated heterocycles. The van der Waals surface area contributed by atoms with Crippen molar-refractivity contribution < 1.29 is 4.92 Å². The molecule has 2 fully saturated rings. The summed E-state index contributed by atoms with van der Waals surface area (Å²) < 4.78 is 0. The van der Waals surface area contributed by atoms with Crippen molar-refractivity contribution in [2.75, 3.05) is 31.1 Å². The van der Waals surface area contributed by atoms with Gasteiger partial charge in [0.25, 0.3) is 5.69 Å². The molecule has 2 aliphatic rings. The average Bonchev–Trinajstić information content (AvgIpc) is 3.17. The molecule has 0 aliphatic carbocycles. The third-order valence-electron chi connectivity index (χ3n) is 4.48. The molecule has 21 heavy (non-hydrogen) atoms. The molecule has 6 nitrogen and oxygen atoms in total. The normalized spacial score (nSPS) is 22.4. The van der Waals surface area contributed by atoms with Crippen LogP contribution in [0.15, 0.2) is 18.2 Å². The Kier molecular flexibility index (Phi) is 3.76. The first-order chi connectivity index (χ1) is 10.2. The Balaban J connectivity index is 1.76. The maximum Gasteiger partial charge on any atom is 0.287 e. The van der Waals surface area contributed by atoms with E-state index >= 15 is 0 Å². The third kappa shape index (κ3) is 2.69. The topological polar surface area (TPSA) is 73.4 Å². The second-order valence-corrected chi connectivity index (χ2v) is 5.70. The van der Waals surface area contributed by atoms with Gasteiger partial charge in [-0.2, -0.15) is 5.26 Å². The highest BCUT2D eigenvalue weighted by Gasteiger charge is 2.29. The summed E-state index contributed by atoms with van der Waals surface area (Å²) in [6.07, 6.45) is 3.69. The first-order valence-corrected chi connectivity index (χ1v) is 7.36. The Morgan fingerprint density at radius 2 is 2.05 bits per heavy atom. The van der Waals surface area contributed by atoms with Crippen molar-refractivity contribution in [3.8, 4) is 6.07 Å². The van der Waals surface area contributed by atoms with Crippen LogP contribution in [0.4, 0.5) is 11.4 Å². The van der Waals surface area contributed by atoms with Gasteiger partial charge in [0.15, 0.2) is 0 Å². The molecule has 0 spiro atoms. The van der Waals surface area contributed by atoms with Crippen molar-refractivity contribution in [3.63, 3.8) is 0 Å². The van der Waals surface area contributed by atoms with E-state index in [1.165, 1.54) is 32.0 Å². The van der Waals surface area contributed by atoms with E-state index in [-0.39, 0.29) is 11.3 Å². The monoisotopic (exact) mass is 286 g/mol.